The number of rotatable bonds is 7. The zero-order valence-corrected chi connectivity index (χ0v) is 16.5. The summed E-state index contributed by atoms with van der Waals surface area (Å²) in [5, 5.41) is 12.4. The van der Waals surface area contributed by atoms with Gasteiger partial charge in [-0.2, -0.15) is 0 Å². The molecule has 1 fully saturated rings. The lowest BCUT2D eigenvalue weighted by Gasteiger charge is -2.22. The van der Waals surface area contributed by atoms with Crippen molar-refractivity contribution in [3.05, 3.63) is 30.3 Å². The molecule has 5 nitrogen and oxygen atoms in total. The maximum absolute atomic E-state index is 12.5. The summed E-state index contributed by atoms with van der Waals surface area (Å²) in [6, 6.07) is 10.1. The van der Waals surface area contributed by atoms with Crippen molar-refractivity contribution >= 4 is 17.7 Å². The van der Waals surface area contributed by atoms with Gasteiger partial charge in [-0.1, -0.05) is 61.4 Å². The van der Waals surface area contributed by atoms with Gasteiger partial charge >= 0.3 is 0 Å². The molecule has 1 amide bonds. The summed E-state index contributed by atoms with van der Waals surface area (Å²) < 4.78 is 2.07. The molecule has 1 aromatic heterocycles. The van der Waals surface area contributed by atoms with E-state index < -0.39 is 0 Å². The van der Waals surface area contributed by atoms with Gasteiger partial charge in [0.05, 0.1) is 5.25 Å². The quantitative estimate of drug-likeness (QED) is 0.742. The highest BCUT2D eigenvalue weighted by atomic mass is 32.2. The molecule has 1 aliphatic rings. The van der Waals surface area contributed by atoms with Crippen molar-refractivity contribution in [2.24, 2.45) is 5.92 Å². The summed E-state index contributed by atoms with van der Waals surface area (Å²) in [6.45, 7) is 5.60. The number of nitrogens with zero attached hydrogens (tertiary/aromatic N) is 3. The molecule has 0 saturated heterocycles. The van der Waals surface area contributed by atoms with Gasteiger partial charge in [-0.3, -0.25) is 4.79 Å². The van der Waals surface area contributed by atoms with E-state index in [1.807, 2.05) is 37.3 Å². The zero-order chi connectivity index (χ0) is 18.4. The number of thioether (sulfide) groups is 1. The van der Waals surface area contributed by atoms with Crippen LogP contribution < -0.4 is 5.32 Å². The average Bonchev–Trinajstić information content (AvgIpc) is 3.10. The molecule has 26 heavy (non-hydrogen) atoms. The van der Waals surface area contributed by atoms with Crippen molar-refractivity contribution < 1.29 is 4.79 Å². The van der Waals surface area contributed by atoms with Gasteiger partial charge in [-0.15, -0.1) is 10.2 Å². The van der Waals surface area contributed by atoms with Gasteiger partial charge in [0.1, 0.15) is 0 Å². The van der Waals surface area contributed by atoms with Gasteiger partial charge in [0.2, 0.25) is 5.91 Å². The molecule has 140 valence electrons. The largest absolute Gasteiger partial charge is 0.355 e. The number of nitrogens with one attached hydrogen (secondary N) is 1. The van der Waals surface area contributed by atoms with Gasteiger partial charge in [0, 0.05) is 18.7 Å². The fraction of sp³-hybridized carbons (Fsp3) is 0.550. The zero-order valence-electron chi connectivity index (χ0n) is 15.6. The molecule has 1 saturated carbocycles. The van der Waals surface area contributed by atoms with Crippen molar-refractivity contribution in [1.82, 2.24) is 20.1 Å². The van der Waals surface area contributed by atoms with Crippen LogP contribution in [0.2, 0.25) is 0 Å². The van der Waals surface area contributed by atoms with E-state index in [-0.39, 0.29) is 11.2 Å². The molecule has 3 rings (SSSR count). The van der Waals surface area contributed by atoms with Crippen molar-refractivity contribution in [1.29, 1.82) is 0 Å². The van der Waals surface area contributed by atoms with Crippen LogP contribution in [0.5, 0.6) is 0 Å². The van der Waals surface area contributed by atoms with Crippen molar-refractivity contribution in [3.63, 3.8) is 0 Å². The van der Waals surface area contributed by atoms with Crippen LogP contribution in [0.1, 0.15) is 46.0 Å². The Morgan fingerprint density at radius 1 is 1.23 bits per heavy atom. The molecule has 2 aromatic rings. The fourth-order valence-electron chi connectivity index (χ4n) is 3.45. The second kappa shape index (κ2) is 9.21. The summed E-state index contributed by atoms with van der Waals surface area (Å²) in [7, 11) is 0. The molecule has 0 aliphatic heterocycles. The summed E-state index contributed by atoms with van der Waals surface area (Å²) >= 11 is 1.48. The first-order chi connectivity index (χ1) is 12.7. The number of carbonyl (C=O) groups is 1. The Balaban J connectivity index is 1.60. The predicted octanol–water partition coefficient (Wildman–Crippen LogP) is 4.14. The standard InChI is InChI=1S/C20H28N4OS/c1-3-24-18(17-12-8-5-9-13-17)22-23-20(24)26-15(2)19(25)21-14-16-10-6-4-7-11-16/h5,8-9,12-13,15-16H,3-4,6-7,10-11,14H2,1-2H3,(H,21,25)/t15-/m0/s1. The molecule has 1 heterocycles. The van der Waals surface area contributed by atoms with E-state index in [1.165, 1.54) is 43.9 Å². The van der Waals surface area contributed by atoms with E-state index in [0.717, 1.165) is 29.6 Å². The van der Waals surface area contributed by atoms with E-state index in [2.05, 4.69) is 27.0 Å². The minimum atomic E-state index is -0.184. The normalized spacial score (nSPS) is 16.4. The number of aromatic nitrogens is 3. The molecule has 1 atom stereocenters. The molecule has 1 N–H and O–H groups in total. The molecule has 6 heteroatoms. The molecular weight excluding hydrogens is 344 g/mol. The lowest BCUT2D eigenvalue weighted by atomic mass is 9.89. The van der Waals surface area contributed by atoms with Crippen LogP contribution in [0, 0.1) is 5.92 Å². The Kier molecular flexibility index (Phi) is 6.72. The van der Waals surface area contributed by atoms with Crippen LogP contribution in [0.25, 0.3) is 11.4 Å². The minimum Gasteiger partial charge on any atom is -0.355 e. The highest BCUT2D eigenvalue weighted by molar-refractivity contribution is 8.00. The third kappa shape index (κ3) is 4.67. The third-order valence-corrected chi connectivity index (χ3v) is 6.09. The Bertz CT molecular complexity index is 710. The van der Waals surface area contributed by atoms with E-state index in [0.29, 0.717) is 5.92 Å². The molecule has 0 bridgehead atoms. The summed E-state index contributed by atoms with van der Waals surface area (Å²) in [6.07, 6.45) is 6.42. The van der Waals surface area contributed by atoms with Crippen LogP contribution in [0.4, 0.5) is 0 Å². The number of hydrogen-bond acceptors (Lipinski definition) is 4. The van der Waals surface area contributed by atoms with Gasteiger partial charge < -0.3 is 9.88 Å². The number of benzene rings is 1. The molecule has 1 aliphatic carbocycles. The molecular formula is C20H28N4OS. The van der Waals surface area contributed by atoms with E-state index >= 15 is 0 Å². The lowest BCUT2D eigenvalue weighted by Crippen LogP contribution is -2.35. The van der Waals surface area contributed by atoms with Crippen molar-refractivity contribution in [2.45, 2.75) is 62.9 Å². The highest BCUT2D eigenvalue weighted by Crippen LogP contribution is 2.27. The Hall–Kier alpha value is -1.82. The van der Waals surface area contributed by atoms with E-state index in [9.17, 15) is 4.79 Å². The Morgan fingerprint density at radius 2 is 1.96 bits per heavy atom. The first-order valence-corrected chi connectivity index (χ1v) is 10.5. The van der Waals surface area contributed by atoms with Gasteiger partial charge in [0.25, 0.3) is 0 Å². The maximum Gasteiger partial charge on any atom is 0.233 e. The first kappa shape index (κ1) is 19.0. The van der Waals surface area contributed by atoms with Gasteiger partial charge in [-0.05, 0) is 32.6 Å². The van der Waals surface area contributed by atoms with E-state index in [1.54, 1.807) is 0 Å². The predicted molar refractivity (Wildman–Crippen MR) is 106 cm³/mol. The number of hydrogen-bond donors (Lipinski definition) is 1. The average molecular weight is 373 g/mol. The monoisotopic (exact) mass is 372 g/mol. The second-order valence-electron chi connectivity index (χ2n) is 6.93. The maximum atomic E-state index is 12.5. The van der Waals surface area contributed by atoms with Gasteiger partial charge in [0.15, 0.2) is 11.0 Å². The number of amides is 1. The molecule has 0 unspecified atom stereocenters. The second-order valence-corrected chi connectivity index (χ2v) is 8.23. The minimum absolute atomic E-state index is 0.0903. The smallest absolute Gasteiger partial charge is 0.233 e. The van der Waals surface area contributed by atoms with Crippen LogP contribution in [0.15, 0.2) is 35.5 Å². The summed E-state index contributed by atoms with van der Waals surface area (Å²) in [5.41, 5.74) is 1.04. The molecule has 0 radical (unpaired) electrons. The first-order valence-electron chi connectivity index (χ1n) is 9.62. The van der Waals surface area contributed by atoms with E-state index in [4.69, 9.17) is 0 Å². The molecule has 1 aromatic carbocycles. The lowest BCUT2D eigenvalue weighted by molar-refractivity contribution is -0.120. The summed E-state index contributed by atoms with van der Waals surface area (Å²) in [5.74, 6) is 1.59. The third-order valence-electron chi connectivity index (χ3n) is 5.01. The number of carbonyl (C=O) groups excluding carboxylic acids is 1. The summed E-state index contributed by atoms with van der Waals surface area (Å²) in [4.78, 5) is 12.5. The Morgan fingerprint density at radius 3 is 2.65 bits per heavy atom. The van der Waals surface area contributed by atoms with Crippen molar-refractivity contribution in [2.75, 3.05) is 6.54 Å². The van der Waals surface area contributed by atoms with Crippen LogP contribution in [-0.4, -0.2) is 32.5 Å². The van der Waals surface area contributed by atoms with Crippen LogP contribution in [-0.2, 0) is 11.3 Å². The Labute approximate surface area is 160 Å². The van der Waals surface area contributed by atoms with Gasteiger partial charge in [-0.25, -0.2) is 0 Å². The van der Waals surface area contributed by atoms with Crippen LogP contribution in [0.3, 0.4) is 0 Å². The SMILES string of the molecule is CCn1c(S[C@@H](C)C(=O)NCC2CCCCC2)nnc1-c1ccccc1. The van der Waals surface area contributed by atoms with Crippen LogP contribution >= 0.6 is 11.8 Å². The fourth-order valence-corrected chi connectivity index (χ4v) is 4.39. The van der Waals surface area contributed by atoms with Crippen molar-refractivity contribution in [3.8, 4) is 11.4 Å². The topological polar surface area (TPSA) is 59.8 Å². The molecule has 0 spiro atoms. The highest BCUT2D eigenvalue weighted by Gasteiger charge is 2.21.